The monoisotopic (exact) mass is 274 g/mol. The Hall–Kier alpha value is -1.02. The molecule has 1 aromatic rings. The van der Waals surface area contributed by atoms with Gasteiger partial charge >= 0.3 is 0 Å². The van der Waals surface area contributed by atoms with Crippen LogP contribution in [0, 0.1) is 0 Å². The van der Waals surface area contributed by atoms with E-state index in [0.717, 1.165) is 13.0 Å². The van der Waals surface area contributed by atoms with Gasteiger partial charge in [0, 0.05) is 24.8 Å². The molecule has 1 saturated carbocycles. The highest BCUT2D eigenvalue weighted by molar-refractivity contribution is 5.46. The number of nitrogens with zero attached hydrogens (tertiary/aromatic N) is 1. The molecule has 2 nitrogen and oxygen atoms in total. The Labute approximate surface area is 124 Å². The molecule has 0 heterocycles. The number of aryl methyl sites for hydroxylation is 1. The van der Waals surface area contributed by atoms with Crippen LogP contribution < -0.4 is 10.2 Å². The van der Waals surface area contributed by atoms with Crippen molar-refractivity contribution in [1.29, 1.82) is 0 Å². The van der Waals surface area contributed by atoms with Crippen LogP contribution in [0.4, 0.5) is 5.69 Å². The summed E-state index contributed by atoms with van der Waals surface area (Å²) >= 11 is 0. The molecule has 0 bridgehead atoms. The molecule has 1 aliphatic carbocycles. The first-order valence-corrected chi connectivity index (χ1v) is 8.18. The van der Waals surface area contributed by atoms with Gasteiger partial charge in [0.2, 0.25) is 0 Å². The Balaban J connectivity index is 1.91. The predicted molar refractivity (Wildman–Crippen MR) is 88.6 cm³/mol. The topological polar surface area (TPSA) is 15.3 Å². The van der Waals surface area contributed by atoms with Crippen molar-refractivity contribution in [2.75, 3.05) is 25.5 Å². The second-order valence-electron chi connectivity index (χ2n) is 6.28. The molecule has 0 amide bonds. The molecule has 1 aromatic carbocycles. The predicted octanol–water partition coefficient (Wildman–Crippen LogP) is 4.00. The molecule has 1 fully saturated rings. The maximum Gasteiger partial charge on any atom is 0.0363 e. The van der Waals surface area contributed by atoms with Gasteiger partial charge in [-0.3, -0.25) is 0 Å². The summed E-state index contributed by atoms with van der Waals surface area (Å²) in [6.07, 6.45) is 9.23. The van der Waals surface area contributed by atoms with Crippen LogP contribution in [0.15, 0.2) is 24.3 Å². The molecule has 0 radical (unpaired) electrons. The number of rotatable bonds is 6. The lowest BCUT2D eigenvalue weighted by atomic mass is 9.79. The fraction of sp³-hybridized carbons (Fsp3) is 0.667. The quantitative estimate of drug-likeness (QED) is 0.843. The van der Waals surface area contributed by atoms with E-state index in [9.17, 15) is 0 Å². The maximum absolute atomic E-state index is 3.62. The van der Waals surface area contributed by atoms with Crippen LogP contribution in [-0.2, 0) is 6.42 Å². The molecule has 0 aliphatic heterocycles. The molecular weight excluding hydrogens is 244 g/mol. The van der Waals surface area contributed by atoms with E-state index in [-0.39, 0.29) is 0 Å². The summed E-state index contributed by atoms with van der Waals surface area (Å²) in [5, 5.41) is 3.62. The summed E-state index contributed by atoms with van der Waals surface area (Å²) < 4.78 is 0. The third-order valence-electron chi connectivity index (χ3n) is 5.05. The van der Waals surface area contributed by atoms with Crippen LogP contribution in [0.1, 0.15) is 51.0 Å². The van der Waals surface area contributed by atoms with Gasteiger partial charge in [0.25, 0.3) is 0 Å². The summed E-state index contributed by atoms with van der Waals surface area (Å²) in [6, 6.07) is 9.01. The minimum atomic E-state index is 0.385. The van der Waals surface area contributed by atoms with Crippen LogP contribution in [0.5, 0.6) is 0 Å². The van der Waals surface area contributed by atoms with E-state index in [1.807, 2.05) is 0 Å². The smallest absolute Gasteiger partial charge is 0.0363 e. The highest BCUT2D eigenvalue weighted by Crippen LogP contribution is 2.31. The largest absolute Gasteiger partial charge is 0.375 e. The Kier molecular flexibility index (Phi) is 5.47. The summed E-state index contributed by atoms with van der Waals surface area (Å²) in [6.45, 7) is 3.34. The highest BCUT2D eigenvalue weighted by atomic mass is 15.1. The van der Waals surface area contributed by atoms with E-state index in [1.54, 1.807) is 0 Å². The van der Waals surface area contributed by atoms with Crippen molar-refractivity contribution in [2.24, 2.45) is 0 Å². The Morgan fingerprint density at radius 1 is 1.10 bits per heavy atom. The molecule has 1 N–H and O–H groups in total. The van der Waals surface area contributed by atoms with Gasteiger partial charge in [-0.1, -0.05) is 38.3 Å². The highest BCUT2D eigenvalue weighted by Gasteiger charge is 2.29. The van der Waals surface area contributed by atoms with Gasteiger partial charge in [-0.15, -0.1) is 0 Å². The molecule has 1 aliphatic rings. The Bertz CT molecular complexity index is 390. The first kappa shape index (κ1) is 15.4. The zero-order valence-electron chi connectivity index (χ0n) is 13.4. The number of hydrogen-bond acceptors (Lipinski definition) is 2. The Morgan fingerprint density at radius 2 is 1.75 bits per heavy atom. The minimum absolute atomic E-state index is 0.385. The van der Waals surface area contributed by atoms with Gasteiger partial charge in [0.15, 0.2) is 0 Å². The molecule has 0 aromatic heterocycles. The molecular formula is C18H30N2. The van der Waals surface area contributed by atoms with Gasteiger partial charge in [-0.2, -0.15) is 0 Å². The molecule has 0 unspecified atom stereocenters. The van der Waals surface area contributed by atoms with Crippen molar-refractivity contribution in [3.63, 3.8) is 0 Å². The molecule has 0 saturated heterocycles. The summed E-state index contributed by atoms with van der Waals surface area (Å²) in [5.41, 5.74) is 3.14. The molecule has 0 spiro atoms. The molecule has 20 heavy (non-hydrogen) atoms. The number of nitrogens with one attached hydrogen (secondary N) is 1. The van der Waals surface area contributed by atoms with Gasteiger partial charge in [-0.25, -0.2) is 0 Å². The lowest BCUT2D eigenvalue weighted by Crippen LogP contribution is -2.46. The lowest BCUT2D eigenvalue weighted by molar-refractivity contribution is 0.233. The van der Waals surface area contributed by atoms with Crippen LogP contribution in [0.2, 0.25) is 0 Å². The number of benzene rings is 1. The van der Waals surface area contributed by atoms with Gasteiger partial charge in [-0.05, 0) is 50.4 Å². The third-order valence-corrected chi connectivity index (χ3v) is 5.05. The van der Waals surface area contributed by atoms with E-state index in [1.165, 1.54) is 49.8 Å². The van der Waals surface area contributed by atoms with E-state index >= 15 is 0 Å². The van der Waals surface area contributed by atoms with E-state index in [2.05, 4.69) is 55.5 Å². The van der Waals surface area contributed by atoms with E-state index in [0.29, 0.717) is 5.54 Å². The first-order valence-electron chi connectivity index (χ1n) is 8.18. The molecule has 112 valence electrons. The summed E-state index contributed by atoms with van der Waals surface area (Å²) in [5.74, 6) is 0. The maximum atomic E-state index is 3.62. The molecule has 2 rings (SSSR count). The second kappa shape index (κ2) is 7.12. The normalized spacial score (nSPS) is 17.9. The fourth-order valence-corrected chi connectivity index (χ4v) is 3.35. The Morgan fingerprint density at radius 3 is 2.30 bits per heavy atom. The summed E-state index contributed by atoms with van der Waals surface area (Å²) in [7, 11) is 4.36. The SMILES string of the molecule is CCc1ccc(N(C)CCC2(NC)CCCCC2)cc1. The van der Waals surface area contributed by atoms with Crippen molar-refractivity contribution >= 4 is 5.69 Å². The van der Waals surface area contributed by atoms with Gasteiger partial charge in [0.1, 0.15) is 0 Å². The van der Waals surface area contributed by atoms with E-state index < -0.39 is 0 Å². The molecule has 2 heteroatoms. The first-order chi connectivity index (χ1) is 9.69. The van der Waals surface area contributed by atoms with Crippen LogP contribution >= 0.6 is 0 Å². The van der Waals surface area contributed by atoms with Crippen LogP contribution in [0.25, 0.3) is 0 Å². The number of hydrogen-bond donors (Lipinski definition) is 1. The zero-order chi connectivity index (χ0) is 14.4. The average Bonchev–Trinajstić information content (AvgIpc) is 2.53. The van der Waals surface area contributed by atoms with Crippen LogP contribution in [0.3, 0.4) is 0 Å². The zero-order valence-corrected chi connectivity index (χ0v) is 13.4. The standard InChI is InChI=1S/C18H30N2/c1-4-16-8-10-17(11-9-16)20(3)15-14-18(19-2)12-6-5-7-13-18/h8-11,19H,4-7,12-15H2,1-3H3. The van der Waals surface area contributed by atoms with Crippen molar-refractivity contribution < 1.29 is 0 Å². The van der Waals surface area contributed by atoms with Gasteiger partial charge in [0.05, 0.1) is 0 Å². The lowest BCUT2D eigenvalue weighted by Gasteiger charge is -2.38. The van der Waals surface area contributed by atoms with Crippen LogP contribution in [-0.4, -0.2) is 26.2 Å². The summed E-state index contributed by atoms with van der Waals surface area (Å²) in [4.78, 5) is 2.40. The minimum Gasteiger partial charge on any atom is -0.375 e. The average molecular weight is 274 g/mol. The van der Waals surface area contributed by atoms with Crippen molar-refractivity contribution in [3.8, 4) is 0 Å². The van der Waals surface area contributed by atoms with Gasteiger partial charge < -0.3 is 10.2 Å². The fourth-order valence-electron chi connectivity index (χ4n) is 3.35. The van der Waals surface area contributed by atoms with E-state index in [4.69, 9.17) is 0 Å². The molecule has 0 atom stereocenters. The van der Waals surface area contributed by atoms with Crippen molar-refractivity contribution in [2.45, 2.75) is 57.4 Å². The van der Waals surface area contributed by atoms with Crippen molar-refractivity contribution in [3.05, 3.63) is 29.8 Å². The second-order valence-corrected chi connectivity index (χ2v) is 6.28. The van der Waals surface area contributed by atoms with Crippen molar-refractivity contribution in [1.82, 2.24) is 5.32 Å². The third kappa shape index (κ3) is 3.76. The number of anilines is 1.